The second kappa shape index (κ2) is 2.79. The summed E-state index contributed by atoms with van der Waals surface area (Å²) < 4.78 is 0. The van der Waals surface area contributed by atoms with Crippen molar-refractivity contribution in [3.63, 3.8) is 0 Å². The van der Waals surface area contributed by atoms with E-state index in [2.05, 4.69) is 48.3 Å². The summed E-state index contributed by atoms with van der Waals surface area (Å²) in [5.41, 5.74) is 1.18. The van der Waals surface area contributed by atoms with Crippen LogP contribution in [0.2, 0.25) is 0 Å². The number of rotatable bonds is 0. The topological polar surface area (TPSA) is 12.0 Å². The van der Waals surface area contributed by atoms with Crippen molar-refractivity contribution >= 4 is 28.2 Å². The molecule has 0 atom stereocenters. The van der Waals surface area contributed by atoms with Gasteiger partial charge in [0.15, 0.2) is 0 Å². The van der Waals surface area contributed by atoms with Crippen LogP contribution in [0.25, 0.3) is 10.8 Å². The van der Waals surface area contributed by atoms with Gasteiger partial charge in [-0.15, -0.1) is 0 Å². The highest BCUT2D eigenvalue weighted by molar-refractivity contribution is 8.03. The summed E-state index contributed by atoms with van der Waals surface area (Å²) in [6.07, 6.45) is 0. The van der Waals surface area contributed by atoms with Gasteiger partial charge < -0.3 is 5.32 Å². The molecule has 0 bridgehead atoms. The molecule has 0 aliphatic carbocycles. The van der Waals surface area contributed by atoms with Gasteiger partial charge in [-0.1, -0.05) is 42.6 Å². The van der Waals surface area contributed by atoms with E-state index in [4.69, 9.17) is 0 Å². The molecule has 2 aromatic rings. The molecule has 68 valence electrons. The van der Waals surface area contributed by atoms with Crippen LogP contribution < -0.4 is 5.32 Å². The van der Waals surface area contributed by atoms with Crippen LogP contribution in [0.1, 0.15) is 0 Å². The molecule has 2 aromatic carbocycles. The number of thioether (sulfide) groups is 1. The maximum atomic E-state index is 3.91. The van der Waals surface area contributed by atoms with Crippen molar-refractivity contribution in [1.29, 1.82) is 0 Å². The molecule has 1 heterocycles. The third-order valence-electron chi connectivity index (χ3n) is 2.36. The molecule has 0 fully saturated rings. The number of nitrogens with one attached hydrogen (secondary N) is 1. The number of hydrogen-bond acceptors (Lipinski definition) is 2. The maximum Gasteiger partial charge on any atom is 0.0701 e. The number of anilines is 1. The first kappa shape index (κ1) is 7.94. The minimum Gasteiger partial charge on any atom is -0.350 e. The van der Waals surface area contributed by atoms with Crippen LogP contribution in [0.3, 0.4) is 0 Å². The van der Waals surface area contributed by atoms with Crippen LogP contribution in [-0.2, 0) is 0 Å². The first-order chi connectivity index (χ1) is 6.83. The van der Waals surface area contributed by atoms with E-state index in [0.717, 1.165) is 5.03 Å². The Kier molecular flexibility index (Phi) is 1.58. The minimum absolute atomic E-state index is 1.01. The summed E-state index contributed by atoms with van der Waals surface area (Å²) in [4.78, 5) is 1.27. The van der Waals surface area contributed by atoms with Crippen molar-refractivity contribution in [2.45, 2.75) is 4.90 Å². The normalized spacial score (nSPS) is 14.1. The lowest BCUT2D eigenvalue weighted by Crippen LogP contribution is -1.85. The summed E-state index contributed by atoms with van der Waals surface area (Å²) in [5.74, 6) is 0. The van der Waals surface area contributed by atoms with Gasteiger partial charge in [0.1, 0.15) is 0 Å². The van der Waals surface area contributed by atoms with Gasteiger partial charge in [-0.05, 0) is 22.9 Å². The molecule has 14 heavy (non-hydrogen) atoms. The molecule has 0 spiro atoms. The van der Waals surface area contributed by atoms with Crippen LogP contribution in [0.15, 0.2) is 52.9 Å². The Morgan fingerprint density at radius 3 is 2.57 bits per heavy atom. The fourth-order valence-corrected chi connectivity index (χ4v) is 2.54. The zero-order chi connectivity index (χ0) is 9.54. The molecule has 0 saturated carbocycles. The molecule has 0 saturated heterocycles. The van der Waals surface area contributed by atoms with Gasteiger partial charge in [0.25, 0.3) is 0 Å². The van der Waals surface area contributed by atoms with Crippen LogP contribution in [0.4, 0.5) is 5.69 Å². The summed E-state index contributed by atoms with van der Waals surface area (Å²) in [5, 5.41) is 6.83. The quantitative estimate of drug-likeness (QED) is 0.692. The van der Waals surface area contributed by atoms with E-state index in [1.165, 1.54) is 21.4 Å². The van der Waals surface area contributed by atoms with Crippen LogP contribution in [0.5, 0.6) is 0 Å². The molecule has 1 nitrogen and oxygen atoms in total. The smallest absolute Gasteiger partial charge is 0.0701 e. The molecule has 1 aliphatic heterocycles. The minimum atomic E-state index is 1.01. The molecule has 0 aromatic heterocycles. The molecule has 1 aliphatic rings. The predicted octanol–water partition coefficient (Wildman–Crippen LogP) is 3.83. The van der Waals surface area contributed by atoms with Gasteiger partial charge in [-0.25, -0.2) is 0 Å². The molecule has 0 unspecified atom stereocenters. The van der Waals surface area contributed by atoms with Gasteiger partial charge in [-0.2, -0.15) is 0 Å². The Morgan fingerprint density at radius 1 is 1.07 bits per heavy atom. The molecule has 2 heteroatoms. The van der Waals surface area contributed by atoms with E-state index in [-0.39, 0.29) is 0 Å². The zero-order valence-electron chi connectivity index (χ0n) is 7.58. The van der Waals surface area contributed by atoms with Crippen molar-refractivity contribution < 1.29 is 0 Å². The van der Waals surface area contributed by atoms with E-state index < -0.39 is 0 Å². The standard InChI is InChI=1S/C12H9NS/c1-8-13-11-6-9-4-2-3-5-10(9)7-12(11)14-8/h2-7,13H,1H2. The highest BCUT2D eigenvalue weighted by Crippen LogP contribution is 2.41. The van der Waals surface area contributed by atoms with Crippen molar-refractivity contribution in [3.8, 4) is 0 Å². The Morgan fingerprint density at radius 2 is 1.79 bits per heavy atom. The Bertz CT molecular complexity index is 484. The molecule has 0 amide bonds. The molecular weight excluding hydrogens is 190 g/mol. The highest BCUT2D eigenvalue weighted by atomic mass is 32.2. The van der Waals surface area contributed by atoms with E-state index in [0.29, 0.717) is 0 Å². The number of fused-ring (bicyclic) bond motifs is 2. The van der Waals surface area contributed by atoms with Gasteiger partial charge in [0.05, 0.1) is 10.7 Å². The summed E-state index contributed by atoms with van der Waals surface area (Å²) >= 11 is 1.70. The Labute approximate surface area is 86.8 Å². The van der Waals surface area contributed by atoms with Crippen molar-refractivity contribution in [2.24, 2.45) is 0 Å². The van der Waals surface area contributed by atoms with Gasteiger partial charge >= 0.3 is 0 Å². The fourth-order valence-electron chi connectivity index (χ4n) is 1.71. The van der Waals surface area contributed by atoms with Crippen molar-refractivity contribution in [1.82, 2.24) is 0 Å². The molecule has 3 rings (SSSR count). The lowest BCUT2D eigenvalue weighted by Gasteiger charge is -2.01. The van der Waals surface area contributed by atoms with E-state index in [1.54, 1.807) is 11.8 Å². The molecule has 0 radical (unpaired) electrons. The van der Waals surface area contributed by atoms with Crippen molar-refractivity contribution in [3.05, 3.63) is 48.0 Å². The lowest BCUT2D eigenvalue weighted by atomic mass is 10.1. The SMILES string of the molecule is C=C1Nc2cc3ccccc3cc2S1. The maximum absolute atomic E-state index is 3.91. The number of benzene rings is 2. The monoisotopic (exact) mass is 199 g/mol. The summed E-state index contributed by atoms with van der Waals surface area (Å²) in [6, 6.07) is 12.8. The fraction of sp³-hybridized carbons (Fsp3) is 0. The predicted molar refractivity (Wildman–Crippen MR) is 62.6 cm³/mol. The second-order valence-electron chi connectivity index (χ2n) is 3.35. The summed E-state index contributed by atoms with van der Waals surface area (Å²) in [7, 11) is 0. The van der Waals surface area contributed by atoms with E-state index >= 15 is 0 Å². The van der Waals surface area contributed by atoms with Gasteiger partial charge in [0, 0.05) is 4.90 Å². The summed E-state index contributed by atoms with van der Waals surface area (Å²) in [6.45, 7) is 3.91. The second-order valence-corrected chi connectivity index (χ2v) is 4.48. The van der Waals surface area contributed by atoms with Gasteiger partial charge in [-0.3, -0.25) is 0 Å². The lowest BCUT2D eigenvalue weighted by molar-refractivity contribution is 1.50. The first-order valence-corrected chi connectivity index (χ1v) is 5.31. The van der Waals surface area contributed by atoms with Crippen LogP contribution >= 0.6 is 11.8 Å². The highest BCUT2D eigenvalue weighted by Gasteiger charge is 2.14. The van der Waals surface area contributed by atoms with Crippen LogP contribution in [0, 0.1) is 0 Å². The Balaban J connectivity index is 2.31. The largest absolute Gasteiger partial charge is 0.350 e. The average molecular weight is 199 g/mol. The van der Waals surface area contributed by atoms with E-state index in [1.807, 2.05) is 0 Å². The molecule has 1 N–H and O–H groups in total. The van der Waals surface area contributed by atoms with E-state index in [9.17, 15) is 0 Å². The number of hydrogen-bond donors (Lipinski definition) is 1. The van der Waals surface area contributed by atoms with Crippen molar-refractivity contribution in [2.75, 3.05) is 5.32 Å². The Hall–Kier alpha value is -1.41. The van der Waals surface area contributed by atoms with Gasteiger partial charge in [0.2, 0.25) is 0 Å². The third-order valence-corrected chi connectivity index (χ3v) is 3.26. The average Bonchev–Trinajstić information content (AvgIpc) is 2.53. The zero-order valence-corrected chi connectivity index (χ0v) is 8.40. The molecular formula is C12H9NS. The third kappa shape index (κ3) is 1.11. The van der Waals surface area contributed by atoms with Crippen LogP contribution in [-0.4, -0.2) is 0 Å². The first-order valence-electron chi connectivity index (χ1n) is 4.49.